The van der Waals surface area contributed by atoms with Crippen LogP contribution in [0, 0.1) is 5.82 Å². The van der Waals surface area contributed by atoms with Gasteiger partial charge in [-0.15, -0.1) is 0 Å². The van der Waals surface area contributed by atoms with Crippen molar-refractivity contribution in [3.8, 4) is 0 Å². The minimum absolute atomic E-state index is 0.140. The maximum absolute atomic E-state index is 14.7. The zero-order chi connectivity index (χ0) is 24.2. The molecule has 0 saturated heterocycles. The van der Waals surface area contributed by atoms with Gasteiger partial charge in [0.15, 0.2) is 6.29 Å². The zero-order valence-corrected chi connectivity index (χ0v) is 20.2. The van der Waals surface area contributed by atoms with Crippen LogP contribution < -0.4 is 21.0 Å². The molecule has 1 atom stereocenters. The molecule has 0 radical (unpaired) electrons. The Morgan fingerprint density at radius 3 is 2.83 bits per heavy atom. The number of hydrogen-bond acceptors (Lipinski definition) is 8. The fraction of sp³-hybridized carbons (Fsp3) is 0.462. The summed E-state index contributed by atoms with van der Waals surface area (Å²) in [7, 11) is 0. The Morgan fingerprint density at radius 2 is 2.06 bits per heavy atom. The van der Waals surface area contributed by atoms with Crippen molar-refractivity contribution < 1.29 is 9.50 Å². The van der Waals surface area contributed by atoms with Gasteiger partial charge in [-0.3, -0.25) is 0 Å². The first-order valence-electron chi connectivity index (χ1n) is 12.5. The molecule has 1 aromatic heterocycles. The first-order valence-corrected chi connectivity index (χ1v) is 12.5. The van der Waals surface area contributed by atoms with Gasteiger partial charge >= 0.3 is 0 Å². The molecule has 4 heterocycles. The maximum Gasteiger partial charge on any atom is 0.195 e. The predicted molar refractivity (Wildman–Crippen MR) is 134 cm³/mol. The molecule has 184 valence electrons. The van der Waals surface area contributed by atoms with Crippen molar-refractivity contribution in [2.24, 2.45) is 4.99 Å². The van der Waals surface area contributed by atoms with Crippen LogP contribution in [-0.4, -0.2) is 46.7 Å². The SMILES string of the molecule is CC(C)N1CC2=C(NC(Nc3ccc4c(c3)CNCC4)N=C2)N1c1ccc(F)c(C2(O)CCC2)n1. The lowest BCUT2D eigenvalue weighted by molar-refractivity contribution is -0.0456. The minimum Gasteiger partial charge on any atom is -0.383 e. The van der Waals surface area contributed by atoms with Gasteiger partial charge in [-0.25, -0.2) is 24.4 Å². The third-order valence-corrected chi connectivity index (χ3v) is 7.42. The number of nitrogens with one attached hydrogen (secondary N) is 3. The summed E-state index contributed by atoms with van der Waals surface area (Å²) in [5.41, 5.74) is 3.71. The van der Waals surface area contributed by atoms with E-state index in [2.05, 4.69) is 58.0 Å². The predicted octanol–water partition coefficient (Wildman–Crippen LogP) is 2.96. The smallest absolute Gasteiger partial charge is 0.195 e. The van der Waals surface area contributed by atoms with Crippen LogP contribution in [0.5, 0.6) is 0 Å². The van der Waals surface area contributed by atoms with Crippen LogP contribution in [0.4, 0.5) is 15.9 Å². The molecule has 1 saturated carbocycles. The number of aromatic nitrogens is 1. The first-order chi connectivity index (χ1) is 16.9. The summed E-state index contributed by atoms with van der Waals surface area (Å²) in [6.45, 7) is 6.79. The number of anilines is 2. The molecule has 35 heavy (non-hydrogen) atoms. The molecule has 0 amide bonds. The molecule has 1 unspecified atom stereocenters. The van der Waals surface area contributed by atoms with E-state index < -0.39 is 11.4 Å². The lowest BCUT2D eigenvalue weighted by atomic mass is 9.77. The lowest BCUT2D eigenvalue weighted by Gasteiger charge is -2.38. The van der Waals surface area contributed by atoms with Crippen molar-refractivity contribution in [3.05, 3.63) is 64.4 Å². The van der Waals surface area contributed by atoms with E-state index in [1.54, 1.807) is 6.07 Å². The molecule has 0 bridgehead atoms. The summed E-state index contributed by atoms with van der Waals surface area (Å²) in [6, 6.07) is 9.75. The molecule has 4 N–H and O–H groups in total. The second-order valence-electron chi connectivity index (χ2n) is 10.1. The summed E-state index contributed by atoms with van der Waals surface area (Å²) in [5.74, 6) is 0.998. The first kappa shape index (κ1) is 22.5. The second-order valence-corrected chi connectivity index (χ2v) is 10.1. The van der Waals surface area contributed by atoms with Gasteiger partial charge < -0.3 is 21.1 Å². The summed E-state index contributed by atoms with van der Waals surface area (Å²) in [6.07, 6.45) is 4.55. The van der Waals surface area contributed by atoms with Gasteiger partial charge in [0.05, 0.1) is 0 Å². The van der Waals surface area contributed by atoms with E-state index in [1.807, 2.05) is 11.2 Å². The largest absolute Gasteiger partial charge is 0.383 e. The topological polar surface area (TPSA) is 88.0 Å². The monoisotopic (exact) mass is 477 g/mol. The van der Waals surface area contributed by atoms with Gasteiger partial charge in [0.25, 0.3) is 0 Å². The highest BCUT2D eigenvalue weighted by molar-refractivity contribution is 5.84. The Labute approximate surface area is 204 Å². The lowest BCUT2D eigenvalue weighted by Crippen LogP contribution is -2.48. The van der Waals surface area contributed by atoms with E-state index in [0.29, 0.717) is 25.2 Å². The van der Waals surface area contributed by atoms with E-state index in [9.17, 15) is 9.50 Å². The Morgan fingerprint density at radius 1 is 1.20 bits per heavy atom. The molecule has 4 aliphatic rings. The van der Waals surface area contributed by atoms with Gasteiger partial charge in [0, 0.05) is 36.6 Å². The van der Waals surface area contributed by atoms with Gasteiger partial charge in [0.1, 0.15) is 28.8 Å². The Kier molecular flexibility index (Phi) is 5.51. The number of halogens is 1. The van der Waals surface area contributed by atoms with Crippen molar-refractivity contribution >= 4 is 17.7 Å². The molecule has 1 fully saturated rings. The molecule has 1 aromatic carbocycles. The van der Waals surface area contributed by atoms with E-state index in [0.717, 1.165) is 43.0 Å². The van der Waals surface area contributed by atoms with E-state index in [4.69, 9.17) is 4.99 Å². The van der Waals surface area contributed by atoms with Crippen molar-refractivity contribution in [2.75, 3.05) is 23.4 Å². The molecular weight excluding hydrogens is 445 g/mol. The van der Waals surface area contributed by atoms with E-state index >= 15 is 0 Å². The van der Waals surface area contributed by atoms with Crippen LogP contribution in [0.15, 0.2) is 46.7 Å². The highest BCUT2D eigenvalue weighted by atomic mass is 19.1. The Bertz CT molecular complexity index is 1210. The number of pyridine rings is 1. The van der Waals surface area contributed by atoms with Gasteiger partial charge in [0.2, 0.25) is 0 Å². The number of aliphatic hydroxyl groups is 1. The summed E-state index contributed by atoms with van der Waals surface area (Å²) in [4.78, 5) is 9.34. The van der Waals surface area contributed by atoms with Gasteiger partial charge in [-0.2, -0.15) is 0 Å². The number of benzene rings is 1. The number of fused-ring (bicyclic) bond motifs is 1. The van der Waals surface area contributed by atoms with Crippen molar-refractivity contribution in [2.45, 2.75) is 64.0 Å². The van der Waals surface area contributed by atoms with Crippen LogP contribution in [0.2, 0.25) is 0 Å². The number of rotatable bonds is 5. The Hall–Kier alpha value is -3.01. The molecule has 8 nitrogen and oxygen atoms in total. The number of nitrogens with zero attached hydrogens (tertiary/aromatic N) is 4. The van der Waals surface area contributed by atoms with Crippen molar-refractivity contribution in [3.63, 3.8) is 0 Å². The van der Waals surface area contributed by atoms with Crippen molar-refractivity contribution in [1.29, 1.82) is 0 Å². The van der Waals surface area contributed by atoms with Crippen LogP contribution in [0.1, 0.15) is 49.9 Å². The van der Waals surface area contributed by atoms with Crippen molar-refractivity contribution in [1.82, 2.24) is 20.6 Å². The van der Waals surface area contributed by atoms with Crippen LogP contribution in [0.25, 0.3) is 0 Å². The summed E-state index contributed by atoms with van der Waals surface area (Å²) in [5, 5.41) is 25.4. The van der Waals surface area contributed by atoms with Crippen LogP contribution >= 0.6 is 0 Å². The highest BCUT2D eigenvalue weighted by Gasteiger charge is 2.42. The van der Waals surface area contributed by atoms with E-state index in [-0.39, 0.29) is 18.0 Å². The van der Waals surface area contributed by atoms with Gasteiger partial charge in [-0.05, 0) is 81.5 Å². The highest BCUT2D eigenvalue weighted by Crippen LogP contribution is 2.42. The fourth-order valence-corrected chi connectivity index (χ4v) is 5.26. The zero-order valence-electron chi connectivity index (χ0n) is 20.2. The van der Waals surface area contributed by atoms with Crippen LogP contribution in [0.3, 0.4) is 0 Å². The Balaban J connectivity index is 1.28. The van der Waals surface area contributed by atoms with Crippen LogP contribution in [-0.2, 0) is 18.6 Å². The molecule has 6 rings (SSSR count). The number of hydrazine groups is 1. The molecule has 1 aliphatic carbocycles. The van der Waals surface area contributed by atoms with E-state index in [1.165, 1.54) is 17.2 Å². The number of hydrogen-bond donors (Lipinski definition) is 4. The quantitative estimate of drug-likeness (QED) is 0.527. The maximum atomic E-state index is 14.7. The normalized spacial score (nSPS) is 23.1. The summed E-state index contributed by atoms with van der Waals surface area (Å²) < 4.78 is 14.7. The second kappa shape index (κ2) is 8.58. The summed E-state index contributed by atoms with van der Waals surface area (Å²) >= 11 is 0. The average molecular weight is 478 g/mol. The number of aliphatic imine (C=N–C) groups is 1. The fourth-order valence-electron chi connectivity index (χ4n) is 5.26. The molecule has 3 aliphatic heterocycles. The minimum atomic E-state index is -1.17. The molecular formula is C26H32FN7O. The molecule has 2 aromatic rings. The average Bonchev–Trinajstić information content (AvgIpc) is 3.22. The standard InChI is InChI=1S/C26H32FN7O/c1-16(2)33-15-19-14-29-25(30-20-5-4-17-8-11-28-13-18(17)12-20)32-24(19)34(33)22-7-6-21(27)23(31-22)26(35)9-3-10-26/h4-7,12,14,16,25,28,30,32,35H,3,8-11,13,15H2,1-2H3. The molecule has 9 heteroatoms. The third kappa shape index (κ3) is 3.97. The third-order valence-electron chi connectivity index (χ3n) is 7.42. The van der Waals surface area contributed by atoms with Gasteiger partial charge in [-0.1, -0.05) is 6.07 Å². The molecule has 0 spiro atoms.